The Kier molecular flexibility index (Phi) is 2.99. The molecule has 2 aromatic heterocycles. The van der Waals surface area contributed by atoms with Crippen molar-refractivity contribution in [3.05, 3.63) is 36.0 Å². The van der Waals surface area contributed by atoms with Crippen LogP contribution >= 0.6 is 0 Å². The second-order valence-corrected chi connectivity index (χ2v) is 3.53. The normalized spacial score (nSPS) is 10.2. The summed E-state index contributed by atoms with van der Waals surface area (Å²) in [5.74, 6) is -0.0901. The lowest BCUT2D eigenvalue weighted by Gasteiger charge is -2.02. The van der Waals surface area contributed by atoms with Crippen molar-refractivity contribution in [3.63, 3.8) is 0 Å². The van der Waals surface area contributed by atoms with Crippen LogP contribution in [0.2, 0.25) is 0 Å². The van der Waals surface area contributed by atoms with Gasteiger partial charge in [-0.15, -0.1) is 0 Å². The first-order valence-corrected chi connectivity index (χ1v) is 4.98. The van der Waals surface area contributed by atoms with Gasteiger partial charge in [-0.1, -0.05) is 0 Å². The van der Waals surface area contributed by atoms with E-state index in [0.29, 0.717) is 6.54 Å². The highest BCUT2D eigenvalue weighted by Crippen LogP contribution is 1.99. The van der Waals surface area contributed by atoms with Gasteiger partial charge in [-0.2, -0.15) is 5.10 Å². The molecule has 2 heterocycles. The fraction of sp³-hybridized carbons (Fsp3) is 0.200. The molecular formula is C10H12N6O. The fourth-order valence-electron chi connectivity index (χ4n) is 1.33. The first kappa shape index (κ1) is 11.1. The van der Waals surface area contributed by atoms with Gasteiger partial charge >= 0.3 is 0 Å². The molecule has 7 heteroatoms. The molecular weight excluding hydrogens is 220 g/mol. The van der Waals surface area contributed by atoms with E-state index < -0.39 is 0 Å². The smallest absolute Gasteiger partial charge is 0.271 e. The van der Waals surface area contributed by atoms with Gasteiger partial charge in [0.2, 0.25) is 0 Å². The number of amides is 1. The van der Waals surface area contributed by atoms with E-state index in [1.807, 2.05) is 13.2 Å². The van der Waals surface area contributed by atoms with Gasteiger partial charge in [0.25, 0.3) is 5.91 Å². The van der Waals surface area contributed by atoms with Crippen molar-refractivity contribution in [1.29, 1.82) is 0 Å². The maximum absolute atomic E-state index is 11.7. The van der Waals surface area contributed by atoms with Crippen LogP contribution in [0.5, 0.6) is 0 Å². The Morgan fingerprint density at radius 2 is 2.29 bits per heavy atom. The summed E-state index contributed by atoms with van der Waals surface area (Å²) in [4.78, 5) is 19.4. The molecule has 2 aromatic rings. The molecule has 0 bridgehead atoms. The first-order valence-electron chi connectivity index (χ1n) is 4.98. The summed E-state index contributed by atoms with van der Waals surface area (Å²) in [5.41, 5.74) is 6.56. The molecule has 0 aliphatic heterocycles. The van der Waals surface area contributed by atoms with Gasteiger partial charge in [-0.3, -0.25) is 14.5 Å². The number of aryl methyl sites for hydroxylation is 1. The van der Waals surface area contributed by atoms with Gasteiger partial charge in [-0.05, 0) is 0 Å². The van der Waals surface area contributed by atoms with Crippen LogP contribution < -0.4 is 11.1 Å². The third kappa shape index (κ3) is 2.77. The second kappa shape index (κ2) is 4.60. The number of hydrogen-bond acceptors (Lipinski definition) is 5. The van der Waals surface area contributed by atoms with Crippen LogP contribution in [-0.4, -0.2) is 25.7 Å². The standard InChI is InChI=1S/C10H12N6O/c1-16-6-7(3-14-16)2-13-10(17)8-4-12-5-9(11)15-8/h3-6H,2H2,1H3,(H2,11,15)(H,13,17). The van der Waals surface area contributed by atoms with Crippen LogP contribution in [0.3, 0.4) is 0 Å². The largest absolute Gasteiger partial charge is 0.382 e. The Morgan fingerprint density at radius 3 is 2.94 bits per heavy atom. The van der Waals surface area contributed by atoms with Crippen molar-refractivity contribution in [3.8, 4) is 0 Å². The van der Waals surface area contributed by atoms with Gasteiger partial charge in [0, 0.05) is 25.4 Å². The number of nitrogens with one attached hydrogen (secondary N) is 1. The van der Waals surface area contributed by atoms with E-state index in [9.17, 15) is 4.79 Å². The van der Waals surface area contributed by atoms with Gasteiger partial charge in [0.15, 0.2) is 0 Å². The van der Waals surface area contributed by atoms with Gasteiger partial charge in [0.05, 0.1) is 18.6 Å². The molecule has 0 unspecified atom stereocenters. The molecule has 7 nitrogen and oxygen atoms in total. The summed E-state index contributed by atoms with van der Waals surface area (Å²) in [6, 6.07) is 0. The molecule has 3 N–H and O–H groups in total. The number of rotatable bonds is 3. The molecule has 2 rings (SSSR count). The highest BCUT2D eigenvalue weighted by molar-refractivity contribution is 5.92. The number of nitrogens with zero attached hydrogens (tertiary/aromatic N) is 4. The van der Waals surface area contributed by atoms with E-state index >= 15 is 0 Å². The third-order valence-electron chi connectivity index (χ3n) is 2.10. The number of aromatic nitrogens is 4. The minimum absolute atomic E-state index is 0.203. The van der Waals surface area contributed by atoms with Crippen molar-refractivity contribution in [2.75, 3.05) is 5.73 Å². The summed E-state index contributed by atoms with van der Waals surface area (Å²) in [7, 11) is 1.81. The molecule has 0 radical (unpaired) electrons. The monoisotopic (exact) mass is 232 g/mol. The van der Waals surface area contributed by atoms with E-state index in [2.05, 4.69) is 20.4 Å². The Balaban J connectivity index is 1.98. The molecule has 1 amide bonds. The average Bonchev–Trinajstić information content (AvgIpc) is 2.72. The van der Waals surface area contributed by atoms with Crippen LogP contribution in [0.15, 0.2) is 24.8 Å². The van der Waals surface area contributed by atoms with Crippen molar-refractivity contribution in [2.45, 2.75) is 6.54 Å². The van der Waals surface area contributed by atoms with Crippen LogP contribution in [0.1, 0.15) is 16.1 Å². The number of carbonyl (C=O) groups is 1. The second-order valence-electron chi connectivity index (χ2n) is 3.53. The summed E-state index contributed by atoms with van der Waals surface area (Å²) >= 11 is 0. The zero-order chi connectivity index (χ0) is 12.3. The zero-order valence-electron chi connectivity index (χ0n) is 9.29. The zero-order valence-corrected chi connectivity index (χ0v) is 9.29. The van der Waals surface area contributed by atoms with E-state index in [0.717, 1.165) is 5.56 Å². The SMILES string of the molecule is Cn1cc(CNC(=O)c2cncc(N)n2)cn1. The lowest BCUT2D eigenvalue weighted by molar-refractivity contribution is 0.0945. The van der Waals surface area contributed by atoms with Crippen LogP contribution in [0.4, 0.5) is 5.82 Å². The van der Waals surface area contributed by atoms with E-state index in [1.165, 1.54) is 12.4 Å². The molecule has 0 saturated carbocycles. The van der Waals surface area contributed by atoms with E-state index in [1.54, 1.807) is 10.9 Å². The molecule has 0 atom stereocenters. The van der Waals surface area contributed by atoms with Crippen molar-refractivity contribution in [2.24, 2.45) is 7.05 Å². The predicted octanol–water partition coefficient (Wildman–Crippen LogP) is -0.278. The molecule has 0 saturated heterocycles. The lowest BCUT2D eigenvalue weighted by atomic mass is 10.3. The molecule has 17 heavy (non-hydrogen) atoms. The average molecular weight is 232 g/mol. The third-order valence-corrected chi connectivity index (χ3v) is 2.10. The molecule has 0 spiro atoms. The highest BCUT2D eigenvalue weighted by atomic mass is 16.1. The van der Waals surface area contributed by atoms with Crippen molar-refractivity contribution < 1.29 is 4.79 Å². The van der Waals surface area contributed by atoms with Crippen LogP contribution in [-0.2, 0) is 13.6 Å². The summed E-state index contributed by atoms with van der Waals surface area (Å²) < 4.78 is 1.67. The molecule has 88 valence electrons. The number of anilines is 1. The molecule has 0 aliphatic carbocycles. The topological polar surface area (TPSA) is 98.7 Å². The quantitative estimate of drug-likeness (QED) is 0.758. The van der Waals surface area contributed by atoms with Crippen LogP contribution in [0.25, 0.3) is 0 Å². The fourth-order valence-corrected chi connectivity index (χ4v) is 1.33. The number of nitrogen functional groups attached to an aromatic ring is 1. The predicted molar refractivity (Wildman–Crippen MR) is 60.8 cm³/mol. The molecule has 0 aromatic carbocycles. The maximum Gasteiger partial charge on any atom is 0.271 e. The number of hydrogen-bond donors (Lipinski definition) is 2. The van der Waals surface area contributed by atoms with E-state index in [4.69, 9.17) is 5.73 Å². The summed E-state index contributed by atoms with van der Waals surface area (Å²) in [6.45, 7) is 0.392. The van der Waals surface area contributed by atoms with Crippen molar-refractivity contribution >= 4 is 11.7 Å². The Bertz CT molecular complexity index is 535. The molecule has 0 aliphatic rings. The number of nitrogens with two attached hydrogens (primary N) is 1. The van der Waals surface area contributed by atoms with Gasteiger partial charge < -0.3 is 11.1 Å². The lowest BCUT2D eigenvalue weighted by Crippen LogP contribution is -2.24. The maximum atomic E-state index is 11.7. The van der Waals surface area contributed by atoms with Gasteiger partial charge in [-0.25, -0.2) is 4.98 Å². The Hall–Kier alpha value is -2.44. The molecule has 0 fully saturated rings. The minimum atomic E-state index is -0.311. The Morgan fingerprint density at radius 1 is 1.47 bits per heavy atom. The first-order chi connectivity index (χ1) is 8.15. The minimum Gasteiger partial charge on any atom is -0.382 e. The number of carbonyl (C=O) groups excluding carboxylic acids is 1. The van der Waals surface area contributed by atoms with Gasteiger partial charge in [0.1, 0.15) is 11.5 Å². The summed E-state index contributed by atoms with van der Waals surface area (Å²) in [5, 5.41) is 6.70. The Labute approximate surface area is 97.7 Å². The van der Waals surface area contributed by atoms with E-state index in [-0.39, 0.29) is 17.4 Å². The summed E-state index contributed by atoms with van der Waals surface area (Å²) in [6.07, 6.45) is 6.27. The van der Waals surface area contributed by atoms with Crippen molar-refractivity contribution in [1.82, 2.24) is 25.1 Å². The highest BCUT2D eigenvalue weighted by Gasteiger charge is 2.08. The van der Waals surface area contributed by atoms with Crippen LogP contribution in [0, 0.1) is 0 Å².